The van der Waals surface area contributed by atoms with E-state index in [1.165, 1.54) is 12.1 Å². The summed E-state index contributed by atoms with van der Waals surface area (Å²) in [5, 5.41) is 24.6. The topological polar surface area (TPSA) is 115 Å². The van der Waals surface area contributed by atoms with Gasteiger partial charge in [0.05, 0.1) is 10.4 Å². The predicted molar refractivity (Wildman–Crippen MR) is 97.1 cm³/mol. The van der Waals surface area contributed by atoms with E-state index in [9.17, 15) is 14.9 Å². The first-order valence-corrected chi connectivity index (χ1v) is 8.18. The minimum atomic E-state index is -0.445. The third-order valence-electron chi connectivity index (χ3n) is 3.89. The molecule has 1 amide bonds. The molecule has 1 aromatic heterocycles. The van der Waals surface area contributed by atoms with Gasteiger partial charge >= 0.3 is 0 Å². The zero-order valence-corrected chi connectivity index (χ0v) is 14.2. The van der Waals surface area contributed by atoms with Crippen molar-refractivity contribution >= 4 is 28.3 Å². The summed E-state index contributed by atoms with van der Waals surface area (Å²) in [6, 6.07) is 11.4. The monoisotopic (exact) mass is 354 g/mol. The SMILES string of the molecule is CCn1nnc2cc(C(=O)NCCNc3ccc([N+](=O)[O-])cc3)ccc21. The van der Waals surface area contributed by atoms with E-state index in [2.05, 4.69) is 20.9 Å². The van der Waals surface area contributed by atoms with Crippen LogP contribution in [0.15, 0.2) is 42.5 Å². The Kier molecular flexibility index (Phi) is 5.07. The van der Waals surface area contributed by atoms with Crippen LogP contribution in [-0.4, -0.2) is 38.9 Å². The molecule has 3 rings (SSSR count). The number of nitro benzene ring substituents is 1. The van der Waals surface area contributed by atoms with Crippen molar-refractivity contribution in [3.8, 4) is 0 Å². The number of hydrogen-bond donors (Lipinski definition) is 2. The number of carbonyl (C=O) groups excluding carboxylic acids is 1. The van der Waals surface area contributed by atoms with Crippen molar-refractivity contribution in [3.63, 3.8) is 0 Å². The number of non-ortho nitro benzene ring substituents is 1. The molecule has 2 aromatic carbocycles. The van der Waals surface area contributed by atoms with Gasteiger partial charge in [-0.25, -0.2) is 4.68 Å². The lowest BCUT2D eigenvalue weighted by molar-refractivity contribution is -0.384. The number of anilines is 1. The van der Waals surface area contributed by atoms with Crippen LogP contribution in [-0.2, 0) is 6.54 Å². The second-order valence-electron chi connectivity index (χ2n) is 5.60. The van der Waals surface area contributed by atoms with Crippen molar-refractivity contribution in [1.29, 1.82) is 0 Å². The minimum absolute atomic E-state index is 0.0410. The van der Waals surface area contributed by atoms with Gasteiger partial charge in [0.2, 0.25) is 0 Å². The van der Waals surface area contributed by atoms with Gasteiger partial charge < -0.3 is 10.6 Å². The van der Waals surface area contributed by atoms with Gasteiger partial charge in [0.15, 0.2) is 0 Å². The third kappa shape index (κ3) is 3.77. The molecule has 0 unspecified atom stereocenters. The summed E-state index contributed by atoms with van der Waals surface area (Å²) in [4.78, 5) is 22.4. The smallest absolute Gasteiger partial charge is 0.269 e. The summed E-state index contributed by atoms with van der Waals surface area (Å²) in [6.07, 6.45) is 0. The van der Waals surface area contributed by atoms with Gasteiger partial charge in [0.1, 0.15) is 5.52 Å². The number of benzene rings is 2. The lowest BCUT2D eigenvalue weighted by atomic mass is 10.2. The van der Waals surface area contributed by atoms with Gasteiger partial charge in [-0.05, 0) is 37.3 Å². The van der Waals surface area contributed by atoms with E-state index >= 15 is 0 Å². The van der Waals surface area contributed by atoms with Crippen molar-refractivity contribution in [2.75, 3.05) is 18.4 Å². The van der Waals surface area contributed by atoms with Gasteiger partial charge in [0.25, 0.3) is 11.6 Å². The molecule has 9 heteroatoms. The van der Waals surface area contributed by atoms with Gasteiger partial charge in [0, 0.05) is 43.0 Å². The van der Waals surface area contributed by atoms with Crippen LogP contribution < -0.4 is 10.6 Å². The van der Waals surface area contributed by atoms with Gasteiger partial charge in [-0.3, -0.25) is 14.9 Å². The summed E-state index contributed by atoms with van der Waals surface area (Å²) < 4.78 is 1.77. The molecule has 26 heavy (non-hydrogen) atoms. The van der Waals surface area contributed by atoms with Gasteiger partial charge in [-0.2, -0.15) is 0 Å². The number of aryl methyl sites for hydroxylation is 1. The van der Waals surface area contributed by atoms with Crippen LogP contribution >= 0.6 is 0 Å². The van der Waals surface area contributed by atoms with Crippen LogP contribution in [0.25, 0.3) is 11.0 Å². The molecular formula is C17H18N6O3. The maximum absolute atomic E-state index is 12.2. The summed E-state index contributed by atoms with van der Waals surface area (Å²) >= 11 is 0. The molecule has 0 aliphatic carbocycles. The molecule has 9 nitrogen and oxygen atoms in total. The highest BCUT2D eigenvalue weighted by Gasteiger charge is 2.09. The van der Waals surface area contributed by atoms with Crippen LogP contribution in [0.3, 0.4) is 0 Å². The third-order valence-corrected chi connectivity index (χ3v) is 3.89. The first-order valence-electron chi connectivity index (χ1n) is 8.18. The lowest BCUT2D eigenvalue weighted by Gasteiger charge is -2.08. The summed E-state index contributed by atoms with van der Waals surface area (Å²) in [5.74, 6) is -0.191. The number of nitrogens with zero attached hydrogens (tertiary/aromatic N) is 4. The van der Waals surface area contributed by atoms with E-state index in [0.29, 0.717) is 24.2 Å². The minimum Gasteiger partial charge on any atom is -0.383 e. The number of amides is 1. The van der Waals surface area contributed by atoms with E-state index in [1.807, 2.05) is 13.0 Å². The molecule has 0 bridgehead atoms. The second-order valence-corrected chi connectivity index (χ2v) is 5.60. The zero-order valence-electron chi connectivity index (χ0n) is 14.2. The number of nitro groups is 1. The summed E-state index contributed by atoms with van der Waals surface area (Å²) in [7, 11) is 0. The van der Waals surface area contributed by atoms with Crippen molar-refractivity contribution in [2.24, 2.45) is 0 Å². The molecule has 0 fully saturated rings. The number of carbonyl (C=O) groups is 1. The predicted octanol–water partition coefficient (Wildman–Crippen LogP) is 2.20. The van der Waals surface area contributed by atoms with E-state index in [-0.39, 0.29) is 11.6 Å². The molecule has 0 atom stereocenters. The highest BCUT2D eigenvalue weighted by atomic mass is 16.6. The summed E-state index contributed by atoms with van der Waals surface area (Å²) in [6.45, 7) is 3.61. The van der Waals surface area contributed by atoms with E-state index in [0.717, 1.165) is 17.7 Å². The van der Waals surface area contributed by atoms with Crippen LogP contribution in [0, 0.1) is 10.1 Å². The number of hydrogen-bond acceptors (Lipinski definition) is 6. The molecule has 2 N–H and O–H groups in total. The normalized spacial score (nSPS) is 10.7. The first-order chi connectivity index (χ1) is 12.6. The van der Waals surface area contributed by atoms with Crippen molar-refractivity contribution in [2.45, 2.75) is 13.5 Å². The Balaban J connectivity index is 1.51. The van der Waals surface area contributed by atoms with Crippen molar-refractivity contribution in [1.82, 2.24) is 20.3 Å². The Bertz CT molecular complexity index is 935. The average molecular weight is 354 g/mol. The Morgan fingerprint density at radius 2 is 1.96 bits per heavy atom. The van der Waals surface area contributed by atoms with Crippen molar-refractivity contribution < 1.29 is 9.72 Å². The molecule has 3 aromatic rings. The van der Waals surface area contributed by atoms with Crippen LogP contribution in [0.2, 0.25) is 0 Å². The maximum atomic E-state index is 12.2. The van der Waals surface area contributed by atoms with E-state index in [4.69, 9.17) is 0 Å². The molecule has 0 aliphatic rings. The second kappa shape index (κ2) is 7.60. The number of fused-ring (bicyclic) bond motifs is 1. The maximum Gasteiger partial charge on any atom is 0.269 e. The number of nitrogens with one attached hydrogen (secondary N) is 2. The zero-order chi connectivity index (χ0) is 18.5. The summed E-state index contributed by atoms with van der Waals surface area (Å²) in [5.41, 5.74) is 2.89. The standard InChI is InChI=1S/C17H18N6O3/c1-2-22-16-8-3-12(11-15(16)20-21-22)17(24)19-10-9-18-13-4-6-14(7-5-13)23(25)26/h3-8,11,18H,2,9-10H2,1H3,(H,19,24). The Morgan fingerprint density at radius 3 is 2.65 bits per heavy atom. The largest absolute Gasteiger partial charge is 0.383 e. The lowest BCUT2D eigenvalue weighted by Crippen LogP contribution is -2.28. The Hall–Kier alpha value is -3.49. The first kappa shape index (κ1) is 17.3. The average Bonchev–Trinajstić information content (AvgIpc) is 3.07. The van der Waals surface area contributed by atoms with Crippen LogP contribution in [0.4, 0.5) is 11.4 Å². The molecule has 0 saturated carbocycles. The fourth-order valence-corrected chi connectivity index (χ4v) is 2.53. The Labute approximate surface area is 149 Å². The molecule has 0 spiro atoms. The Morgan fingerprint density at radius 1 is 1.19 bits per heavy atom. The van der Waals surface area contributed by atoms with E-state index in [1.54, 1.807) is 28.9 Å². The molecule has 0 aliphatic heterocycles. The number of aromatic nitrogens is 3. The van der Waals surface area contributed by atoms with Crippen LogP contribution in [0.5, 0.6) is 0 Å². The van der Waals surface area contributed by atoms with Gasteiger partial charge in [-0.15, -0.1) is 5.10 Å². The molecule has 134 valence electrons. The highest BCUT2D eigenvalue weighted by Crippen LogP contribution is 2.15. The molecule has 0 saturated heterocycles. The highest BCUT2D eigenvalue weighted by molar-refractivity contribution is 5.97. The molecular weight excluding hydrogens is 336 g/mol. The number of rotatable bonds is 7. The fraction of sp³-hybridized carbons (Fsp3) is 0.235. The molecule has 1 heterocycles. The molecule has 0 radical (unpaired) electrons. The quantitative estimate of drug-likeness (QED) is 0.382. The van der Waals surface area contributed by atoms with Crippen LogP contribution in [0.1, 0.15) is 17.3 Å². The van der Waals surface area contributed by atoms with Gasteiger partial charge in [-0.1, -0.05) is 5.21 Å². The van der Waals surface area contributed by atoms with E-state index < -0.39 is 4.92 Å². The fourth-order valence-electron chi connectivity index (χ4n) is 2.53. The van der Waals surface area contributed by atoms with Crippen molar-refractivity contribution in [3.05, 3.63) is 58.1 Å².